The monoisotopic (exact) mass is 436 g/mol. The van der Waals surface area contributed by atoms with Gasteiger partial charge in [-0.2, -0.15) is 0 Å². The molecule has 0 amide bonds. The van der Waals surface area contributed by atoms with Crippen LogP contribution in [0, 0.1) is 5.92 Å². The van der Waals surface area contributed by atoms with Gasteiger partial charge < -0.3 is 0 Å². The minimum absolute atomic E-state index is 0.696. The average molecular weight is 437 g/mol. The first-order chi connectivity index (χ1) is 16.9. The van der Waals surface area contributed by atoms with Crippen LogP contribution in [-0.2, 0) is 0 Å². The summed E-state index contributed by atoms with van der Waals surface area (Å²) in [6.07, 6.45) is 20.2. The zero-order chi connectivity index (χ0) is 22.5. The standard InChI is InChI=1S/C34H28/c1-2-12-25-22-26(21-20-23(25)10-1)33-29-15-5-7-17-31(29)34(32-18-8-6-16-30(32)33)28-19-9-13-24-11-3-4-14-27(24)28/h1-5,7,9,11-19,22-23H,6,8,10,20-21H2. The number of hydrogen-bond donors (Lipinski definition) is 0. The molecule has 3 aliphatic carbocycles. The third-order valence-corrected chi connectivity index (χ3v) is 7.96. The fourth-order valence-electron chi connectivity index (χ4n) is 6.38. The maximum absolute atomic E-state index is 2.51. The van der Waals surface area contributed by atoms with Gasteiger partial charge in [0.2, 0.25) is 0 Å². The van der Waals surface area contributed by atoms with E-state index in [1.807, 2.05) is 0 Å². The van der Waals surface area contributed by atoms with Gasteiger partial charge in [0, 0.05) is 0 Å². The smallest absolute Gasteiger partial charge is 0.00235 e. The normalized spacial score (nSPS) is 19.0. The lowest BCUT2D eigenvalue weighted by molar-refractivity contribution is 0.572. The van der Waals surface area contributed by atoms with Crippen LogP contribution in [0.5, 0.6) is 0 Å². The van der Waals surface area contributed by atoms with Crippen molar-refractivity contribution in [3.63, 3.8) is 0 Å². The molecule has 0 N–H and O–H groups in total. The van der Waals surface area contributed by atoms with Gasteiger partial charge in [0.25, 0.3) is 0 Å². The maximum atomic E-state index is 2.51. The highest BCUT2D eigenvalue weighted by atomic mass is 14.3. The molecule has 0 heterocycles. The van der Waals surface area contributed by atoms with Crippen LogP contribution in [0.15, 0.2) is 96.6 Å². The quantitative estimate of drug-likeness (QED) is 0.302. The summed E-state index contributed by atoms with van der Waals surface area (Å²) in [6, 6.07) is 24.7. The van der Waals surface area contributed by atoms with Crippen LogP contribution >= 0.6 is 0 Å². The van der Waals surface area contributed by atoms with Crippen molar-refractivity contribution in [3.8, 4) is 11.1 Å². The summed E-state index contributed by atoms with van der Waals surface area (Å²) < 4.78 is 0. The van der Waals surface area contributed by atoms with Gasteiger partial charge in [-0.1, -0.05) is 103 Å². The van der Waals surface area contributed by atoms with Crippen LogP contribution in [0.1, 0.15) is 37.7 Å². The summed E-state index contributed by atoms with van der Waals surface area (Å²) in [5.41, 5.74) is 7.25. The number of allylic oxidation sites excluding steroid dienone is 6. The molecule has 0 radical (unpaired) electrons. The van der Waals surface area contributed by atoms with E-state index in [4.69, 9.17) is 0 Å². The second-order valence-electron chi connectivity index (χ2n) is 9.87. The molecule has 0 bridgehead atoms. The van der Waals surface area contributed by atoms with Crippen molar-refractivity contribution in [2.75, 3.05) is 0 Å². The van der Waals surface area contributed by atoms with E-state index in [0.717, 1.165) is 19.3 Å². The number of fused-ring (bicyclic) bond motifs is 4. The van der Waals surface area contributed by atoms with Crippen LogP contribution in [0.4, 0.5) is 0 Å². The Morgan fingerprint density at radius 2 is 1.38 bits per heavy atom. The summed E-state index contributed by atoms with van der Waals surface area (Å²) in [7, 11) is 0. The molecule has 164 valence electrons. The highest BCUT2D eigenvalue weighted by Gasteiger charge is 2.23. The molecule has 1 unspecified atom stereocenters. The van der Waals surface area contributed by atoms with Crippen LogP contribution in [-0.4, -0.2) is 0 Å². The van der Waals surface area contributed by atoms with Crippen molar-refractivity contribution in [2.45, 2.75) is 32.1 Å². The number of rotatable bonds is 2. The topological polar surface area (TPSA) is 0 Å². The van der Waals surface area contributed by atoms with Gasteiger partial charge in [-0.05, 0) is 97.8 Å². The summed E-state index contributed by atoms with van der Waals surface area (Å²) in [4.78, 5) is 0. The molecule has 3 aliphatic rings. The van der Waals surface area contributed by atoms with Gasteiger partial charge in [0.1, 0.15) is 0 Å². The molecular formula is C34H28. The van der Waals surface area contributed by atoms with Gasteiger partial charge in [0.05, 0.1) is 0 Å². The lowest BCUT2D eigenvalue weighted by Crippen LogP contribution is -2.33. The SMILES string of the molecule is C1=CCC2CCC(c3c4c(c(-c5cccc6ccccc56)c5ccccc35)=CCCC=4)=CC2=C1. The fraction of sp³-hybridized carbons (Fsp3) is 0.176. The fourth-order valence-corrected chi connectivity index (χ4v) is 6.38. The summed E-state index contributed by atoms with van der Waals surface area (Å²) in [5, 5.41) is 8.29. The van der Waals surface area contributed by atoms with Crippen molar-refractivity contribution < 1.29 is 0 Å². The van der Waals surface area contributed by atoms with Gasteiger partial charge in [-0.25, -0.2) is 0 Å². The molecule has 34 heavy (non-hydrogen) atoms. The van der Waals surface area contributed by atoms with Crippen molar-refractivity contribution in [3.05, 3.63) is 113 Å². The summed E-state index contributed by atoms with van der Waals surface area (Å²) >= 11 is 0. The highest BCUT2D eigenvalue weighted by molar-refractivity contribution is 6.09. The molecular weight excluding hydrogens is 408 g/mol. The van der Waals surface area contributed by atoms with Crippen LogP contribution in [0.3, 0.4) is 0 Å². The predicted molar refractivity (Wildman–Crippen MR) is 147 cm³/mol. The summed E-state index contributed by atoms with van der Waals surface area (Å²) in [6.45, 7) is 0. The van der Waals surface area contributed by atoms with E-state index in [1.165, 1.54) is 72.7 Å². The van der Waals surface area contributed by atoms with E-state index in [2.05, 4.69) is 103 Å². The van der Waals surface area contributed by atoms with Crippen molar-refractivity contribution in [2.24, 2.45) is 5.92 Å². The largest absolute Gasteiger partial charge is 0.0839 e. The molecule has 0 fully saturated rings. The second-order valence-corrected chi connectivity index (χ2v) is 9.87. The third kappa shape index (κ3) is 3.06. The zero-order valence-electron chi connectivity index (χ0n) is 19.4. The van der Waals surface area contributed by atoms with E-state index in [-0.39, 0.29) is 0 Å². The third-order valence-electron chi connectivity index (χ3n) is 7.96. The van der Waals surface area contributed by atoms with Crippen LogP contribution in [0.25, 0.3) is 50.4 Å². The first kappa shape index (κ1) is 19.8. The van der Waals surface area contributed by atoms with E-state index < -0.39 is 0 Å². The molecule has 0 spiro atoms. The first-order valence-corrected chi connectivity index (χ1v) is 12.7. The lowest BCUT2D eigenvalue weighted by Gasteiger charge is -2.27. The number of hydrogen-bond acceptors (Lipinski definition) is 0. The molecule has 4 aromatic rings. The van der Waals surface area contributed by atoms with E-state index >= 15 is 0 Å². The predicted octanol–water partition coefficient (Wildman–Crippen LogP) is 7.69. The average Bonchev–Trinajstić information content (AvgIpc) is 2.91. The molecule has 1 atom stereocenters. The van der Waals surface area contributed by atoms with Crippen molar-refractivity contribution >= 4 is 39.3 Å². The Labute approximate surface area is 200 Å². The lowest BCUT2D eigenvalue weighted by atomic mass is 9.77. The van der Waals surface area contributed by atoms with Crippen molar-refractivity contribution in [1.29, 1.82) is 0 Å². The van der Waals surface area contributed by atoms with Gasteiger partial charge in [-0.3, -0.25) is 0 Å². The maximum Gasteiger partial charge on any atom is -0.00235 e. The van der Waals surface area contributed by atoms with Gasteiger partial charge in [-0.15, -0.1) is 0 Å². The molecule has 0 saturated heterocycles. The number of benzene rings is 4. The molecule has 4 aromatic carbocycles. The minimum Gasteiger partial charge on any atom is -0.0839 e. The first-order valence-electron chi connectivity index (χ1n) is 12.7. The Hall–Kier alpha value is -3.64. The van der Waals surface area contributed by atoms with Crippen LogP contribution in [0.2, 0.25) is 0 Å². The highest BCUT2D eigenvalue weighted by Crippen LogP contribution is 2.40. The van der Waals surface area contributed by atoms with E-state index in [1.54, 1.807) is 0 Å². The van der Waals surface area contributed by atoms with Crippen LogP contribution < -0.4 is 10.4 Å². The summed E-state index contributed by atoms with van der Waals surface area (Å²) in [5.74, 6) is 0.696. The molecule has 0 heteroatoms. The molecule has 0 nitrogen and oxygen atoms in total. The Bertz CT molecular complexity index is 1670. The molecule has 7 rings (SSSR count). The molecule has 0 saturated carbocycles. The molecule has 0 aliphatic heterocycles. The van der Waals surface area contributed by atoms with Gasteiger partial charge in [0.15, 0.2) is 0 Å². The van der Waals surface area contributed by atoms with Gasteiger partial charge >= 0.3 is 0 Å². The Balaban J connectivity index is 1.60. The Kier molecular flexibility index (Phi) is 4.65. The molecule has 0 aromatic heterocycles. The Morgan fingerprint density at radius 3 is 2.24 bits per heavy atom. The second kappa shape index (κ2) is 7.99. The Morgan fingerprint density at radius 1 is 0.676 bits per heavy atom. The zero-order valence-corrected chi connectivity index (χ0v) is 19.4. The van der Waals surface area contributed by atoms with E-state index in [9.17, 15) is 0 Å². The van der Waals surface area contributed by atoms with Crippen molar-refractivity contribution in [1.82, 2.24) is 0 Å². The van der Waals surface area contributed by atoms with E-state index in [0.29, 0.717) is 5.92 Å². The minimum atomic E-state index is 0.696.